The first-order chi connectivity index (χ1) is 14.6. The molecule has 2 fully saturated rings. The lowest BCUT2D eigenvalue weighted by Gasteiger charge is -2.36. The lowest BCUT2D eigenvalue weighted by Crippen LogP contribution is -2.44. The third kappa shape index (κ3) is 3.71. The fourth-order valence-electron chi connectivity index (χ4n) is 5.62. The molecule has 0 aromatic carbocycles. The van der Waals surface area contributed by atoms with Crippen LogP contribution in [0, 0.1) is 5.92 Å². The lowest BCUT2D eigenvalue weighted by atomic mass is 9.85. The number of piperidine rings is 1. The van der Waals surface area contributed by atoms with Crippen LogP contribution in [0.15, 0.2) is 4.79 Å². The predicted molar refractivity (Wildman–Crippen MR) is 118 cm³/mol. The van der Waals surface area contributed by atoms with Gasteiger partial charge in [-0.05, 0) is 63.4 Å². The van der Waals surface area contributed by atoms with Gasteiger partial charge >= 0.3 is 0 Å². The van der Waals surface area contributed by atoms with Gasteiger partial charge in [-0.25, -0.2) is 4.98 Å². The molecule has 1 saturated heterocycles. The first kappa shape index (κ1) is 20.2. The van der Waals surface area contributed by atoms with Crippen molar-refractivity contribution in [2.75, 3.05) is 20.2 Å². The van der Waals surface area contributed by atoms with Gasteiger partial charge in [0.05, 0.1) is 11.5 Å². The van der Waals surface area contributed by atoms with Crippen LogP contribution in [0.5, 0.6) is 0 Å². The normalized spacial score (nSPS) is 27.2. The van der Waals surface area contributed by atoms with Gasteiger partial charge in [-0.1, -0.05) is 6.42 Å². The number of likely N-dealkylation sites (tertiary alicyclic amines) is 1. The number of methoxy groups -OCH3 is 1. The molecule has 162 valence electrons. The standard InChI is InChI=1S/C23H31N3O3S/c1-29-16-8-4-6-14(12-16)23(28)26-11-5-7-15(13-26)20-24-21(27)19-17-9-2-3-10-18(17)30-22(19)25-20/h14-16H,2-13H2,1H3,(H,24,25,27)/t14-,15-,16+/m0/s1. The van der Waals surface area contributed by atoms with Crippen LogP contribution in [-0.2, 0) is 22.4 Å². The number of aromatic amines is 1. The van der Waals surface area contributed by atoms with E-state index in [1.54, 1.807) is 18.4 Å². The first-order valence-electron chi connectivity index (χ1n) is 11.5. The van der Waals surface area contributed by atoms with Crippen molar-refractivity contribution in [3.05, 3.63) is 26.6 Å². The summed E-state index contributed by atoms with van der Waals surface area (Å²) in [6.45, 7) is 1.47. The van der Waals surface area contributed by atoms with E-state index in [-0.39, 0.29) is 29.4 Å². The molecule has 1 saturated carbocycles. The van der Waals surface area contributed by atoms with Crippen LogP contribution in [-0.4, -0.2) is 47.1 Å². The van der Waals surface area contributed by atoms with Crippen LogP contribution in [0.3, 0.4) is 0 Å². The maximum absolute atomic E-state index is 13.2. The summed E-state index contributed by atoms with van der Waals surface area (Å²) in [5.41, 5.74) is 1.24. The number of H-pyrrole nitrogens is 1. The van der Waals surface area contributed by atoms with E-state index in [2.05, 4.69) is 4.98 Å². The van der Waals surface area contributed by atoms with Gasteiger partial charge in [-0.2, -0.15) is 0 Å². The molecule has 0 unspecified atom stereocenters. The number of aromatic nitrogens is 2. The van der Waals surface area contributed by atoms with Crippen LogP contribution in [0.1, 0.15) is 73.5 Å². The molecule has 1 aliphatic heterocycles. The average molecular weight is 430 g/mol. The second-order valence-electron chi connectivity index (χ2n) is 9.19. The van der Waals surface area contributed by atoms with Crippen molar-refractivity contribution in [1.82, 2.24) is 14.9 Å². The molecule has 0 spiro atoms. The molecule has 3 aliphatic rings. The fourth-order valence-corrected chi connectivity index (χ4v) is 6.89. The summed E-state index contributed by atoms with van der Waals surface area (Å²) in [6, 6.07) is 0. The summed E-state index contributed by atoms with van der Waals surface area (Å²) in [4.78, 5) is 38.3. The lowest BCUT2D eigenvalue weighted by molar-refractivity contribution is -0.139. The predicted octanol–water partition coefficient (Wildman–Crippen LogP) is 3.77. The minimum Gasteiger partial charge on any atom is -0.381 e. The van der Waals surface area contributed by atoms with Crippen molar-refractivity contribution in [1.29, 1.82) is 0 Å². The maximum Gasteiger partial charge on any atom is 0.259 e. The second kappa shape index (κ2) is 8.42. The Kier molecular flexibility index (Phi) is 5.67. The third-order valence-corrected chi connectivity index (χ3v) is 8.46. The number of nitrogens with zero attached hydrogens (tertiary/aromatic N) is 2. The Morgan fingerprint density at radius 2 is 2.03 bits per heavy atom. The summed E-state index contributed by atoms with van der Waals surface area (Å²) in [5, 5.41) is 0.815. The number of amides is 1. The third-order valence-electron chi connectivity index (χ3n) is 7.27. The minimum atomic E-state index is 0.00747. The number of nitrogens with one attached hydrogen (secondary N) is 1. The SMILES string of the molecule is CO[C@@H]1CCC[C@H](C(=O)N2CCC[C@H](c3nc4sc5c(c4c(=O)[nH]3)CCCC5)C2)C1. The molecule has 1 N–H and O–H groups in total. The molecule has 2 aliphatic carbocycles. The monoisotopic (exact) mass is 429 g/mol. The number of carbonyl (C=O) groups excluding carboxylic acids is 1. The Bertz CT molecular complexity index is 997. The van der Waals surface area contributed by atoms with Crippen molar-refractivity contribution in [2.45, 2.75) is 76.2 Å². The van der Waals surface area contributed by atoms with E-state index in [1.807, 2.05) is 4.90 Å². The highest BCUT2D eigenvalue weighted by atomic mass is 32.1. The number of rotatable bonds is 3. The van der Waals surface area contributed by atoms with Gasteiger partial charge in [0.25, 0.3) is 5.56 Å². The maximum atomic E-state index is 13.2. The molecule has 2 aromatic heterocycles. The van der Waals surface area contributed by atoms with Gasteiger partial charge < -0.3 is 14.6 Å². The number of carbonyl (C=O) groups is 1. The van der Waals surface area contributed by atoms with Crippen LogP contribution in [0.4, 0.5) is 0 Å². The van der Waals surface area contributed by atoms with Gasteiger partial charge in [-0.3, -0.25) is 9.59 Å². The summed E-state index contributed by atoms with van der Waals surface area (Å²) in [5.74, 6) is 1.21. The van der Waals surface area contributed by atoms with Crippen LogP contribution >= 0.6 is 11.3 Å². The van der Waals surface area contributed by atoms with Crippen molar-refractivity contribution < 1.29 is 9.53 Å². The summed E-state index contributed by atoms with van der Waals surface area (Å²) in [6.07, 6.45) is 10.5. The van der Waals surface area contributed by atoms with Crippen LogP contribution in [0.2, 0.25) is 0 Å². The van der Waals surface area contributed by atoms with Crippen molar-refractivity contribution >= 4 is 27.5 Å². The topological polar surface area (TPSA) is 75.3 Å². The summed E-state index contributed by atoms with van der Waals surface area (Å²) >= 11 is 1.70. The smallest absolute Gasteiger partial charge is 0.259 e. The van der Waals surface area contributed by atoms with E-state index in [0.29, 0.717) is 6.54 Å². The van der Waals surface area contributed by atoms with Gasteiger partial charge in [0.1, 0.15) is 10.7 Å². The van der Waals surface area contributed by atoms with E-state index in [9.17, 15) is 9.59 Å². The molecule has 2 aromatic rings. The largest absolute Gasteiger partial charge is 0.381 e. The first-order valence-corrected chi connectivity index (χ1v) is 12.3. The Hall–Kier alpha value is -1.73. The molecular weight excluding hydrogens is 398 g/mol. The summed E-state index contributed by atoms with van der Waals surface area (Å²) in [7, 11) is 1.75. The van der Waals surface area contributed by atoms with Crippen molar-refractivity contribution in [3.8, 4) is 0 Å². The minimum absolute atomic E-state index is 0.00747. The number of fused-ring (bicyclic) bond motifs is 3. The Labute approximate surface area is 181 Å². The van der Waals surface area contributed by atoms with Crippen LogP contribution < -0.4 is 5.56 Å². The van der Waals surface area contributed by atoms with Gasteiger partial charge in [-0.15, -0.1) is 11.3 Å². The molecule has 5 rings (SSSR count). The molecular formula is C23H31N3O3S. The average Bonchev–Trinajstić information content (AvgIpc) is 3.17. The number of ether oxygens (including phenoxy) is 1. The zero-order chi connectivity index (χ0) is 20.7. The number of hydrogen-bond acceptors (Lipinski definition) is 5. The molecule has 3 atom stereocenters. The highest BCUT2D eigenvalue weighted by molar-refractivity contribution is 7.18. The van der Waals surface area contributed by atoms with Gasteiger partial charge in [0, 0.05) is 36.9 Å². The van der Waals surface area contributed by atoms with Crippen LogP contribution in [0.25, 0.3) is 10.2 Å². The number of aryl methyl sites for hydroxylation is 2. The zero-order valence-electron chi connectivity index (χ0n) is 17.7. The molecule has 3 heterocycles. The molecule has 6 nitrogen and oxygen atoms in total. The zero-order valence-corrected chi connectivity index (χ0v) is 18.6. The quantitative estimate of drug-likeness (QED) is 0.806. The second-order valence-corrected chi connectivity index (χ2v) is 10.3. The molecule has 0 radical (unpaired) electrons. The van der Waals surface area contributed by atoms with E-state index in [4.69, 9.17) is 9.72 Å². The highest BCUT2D eigenvalue weighted by Gasteiger charge is 2.34. The van der Waals surface area contributed by atoms with Gasteiger partial charge in [0.2, 0.25) is 5.91 Å². The Morgan fingerprint density at radius 3 is 2.90 bits per heavy atom. The fraction of sp³-hybridized carbons (Fsp3) is 0.696. The molecule has 30 heavy (non-hydrogen) atoms. The highest BCUT2D eigenvalue weighted by Crippen LogP contribution is 2.35. The van der Waals surface area contributed by atoms with Gasteiger partial charge in [0.15, 0.2) is 0 Å². The molecule has 0 bridgehead atoms. The van der Waals surface area contributed by atoms with Crippen molar-refractivity contribution in [3.63, 3.8) is 0 Å². The number of hydrogen-bond donors (Lipinski definition) is 1. The molecule has 1 amide bonds. The number of thiophene rings is 1. The van der Waals surface area contributed by atoms with E-state index in [1.165, 1.54) is 16.9 Å². The summed E-state index contributed by atoms with van der Waals surface area (Å²) < 4.78 is 5.52. The molecule has 7 heteroatoms. The Morgan fingerprint density at radius 1 is 1.17 bits per heavy atom. The van der Waals surface area contributed by atoms with E-state index >= 15 is 0 Å². The van der Waals surface area contributed by atoms with E-state index < -0.39 is 0 Å². The van der Waals surface area contributed by atoms with Crippen molar-refractivity contribution in [2.24, 2.45) is 5.92 Å². The Balaban J connectivity index is 1.36. The van der Waals surface area contributed by atoms with E-state index in [0.717, 1.165) is 80.4 Å².